The lowest BCUT2D eigenvalue weighted by Crippen LogP contribution is -2.25. The molecule has 0 atom stereocenters. The number of hydrogen-bond acceptors (Lipinski definition) is 3. The van der Waals surface area contributed by atoms with E-state index in [0.717, 1.165) is 42.7 Å². The average Bonchev–Trinajstić information content (AvgIpc) is 3.21. The zero-order chi connectivity index (χ0) is 20.8. The normalized spacial score (nSPS) is 10.8. The number of aromatic nitrogens is 1. The average molecular weight is 390 g/mol. The third-order valence-corrected chi connectivity index (χ3v) is 5.30. The van der Waals surface area contributed by atoms with Gasteiger partial charge in [0.25, 0.3) is 0 Å². The minimum absolute atomic E-state index is 0.676. The van der Waals surface area contributed by atoms with Crippen LogP contribution in [0.2, 0.25) is 0 Å². The first-order valence-electron chi connectivity index (χ1n) is 10.0. The zero-order valence-electron chi connectivity index (χ0n) is 16.7. The van der Waals surface area contributed by atoms with Crippen LogP contribution in [0.1, 0.15) is 27.8 Å². The fourth-order valence-corrected chi connectivity index (χ4v) is 3.83. The van der Waals surface area contributed by atoms with E-state index in [1.54, 1.807) is 0 Å². The summed E-state index contributed by atoms with van der Waals surface area (Å²) < 4.78 is 0. The Hall–Kier alpha value is -3.86. The topological polar surface area (TPSA) is 66.6 Å². The Balaban J connectivity index is 1.55. The number of hydrogen-bond donors (Lipinski definition) is 1. The van der Waals surface area contributed by atoms with Gasteiger partial charge in [-0.25, -0.2) is 0 Å². The van der Waals surface area contributed by atoms with Crippen molar-refractivity contribution in [2.24, 2.45) is 0 Å². The van der Waals surface area contributed by atoms with E-state index in [1.807, 2.05) is 42.5 Å². The molecule has 1 heterocycles. The second kappa shape index (κ2) is 9.09. The van der Waals surface area contributed by atoms with E-state index < -0.39 is 0 Å². The molecule has 4 heteroatoms. The Morgan fingerprint density at radius 3 is 2.03 bits per heavy atom. The van der Waals surface area contributed by atoms with Crippen molar-refractivity contribution < 1.29 is 0 Å². The number of fused-ring (bicyclic) bond motifs is 1. The van der Waals surface area contributed by atoms with Crippen LogP contribution in [0.4, 0.5) is 0 Å². The summed E-state index contributed by atoms with van der Waals surface area (Å²) in [5, 5.41) is 19.7. The van der Waals surface area contributed by atoms with Gasteiger partial charge in [-0.3, -0.25) is 4.90 Å². The summed E-state index contributed by atoms with van der Waals surface area (Å²) in [5.41, 5.74) is 6.04. The van der Waals surface area contributed by atoms with Crippen molar-refractivity contribution in [3.63, 3.8) is 0 Å². The van der Waals surface area contributed by atoms with Crippen LogP contribution in [-0.2, 0) is 19.5 Å². The van der Waals surface area contributed by atoms with Gasteiger partial charge >= 0.3 is 0 Å². The van der Waals surface area contributed by atoms with E-state index in [9.17, 15) is 10.5 Å². The molecule has 0 unspecified atom stereocenters. The highest BCUT2D eigenvalue weighted by Crippen LogP contribution is 2.20. The lowest BCUT2D eigenvalue weighted by Gasteiger charge is -2.23. The fourth-order valence-electron chi connectivity index (χ4n) is 3.83. The quantitative estimate of drug-likeness (QED) is 0.474. The lowest BCUT2D eigenvalue weighted by molar-refractivity contribution is 0.260. The molecule has 0 saturated carbocycles. The monoisotopic (exact) mass is 390 g/mol. The van der Waals surface area contributed by atoms with Gasteiger partial charge in [-0.2, -0.15) is 10.5 Å². The number of nitrogens with zero attached hydrogens (tertiary/aromatic N) is 3. The highest BCUT2D eigenvalue weighted by Gasteiger charge is 2.11. The largest absolute Gasteiger partial charge is 0.361 e. The van der Waals surface area contributed by atoms with Gasteiger partial charge in [0, 0.05) is 36.7 Å². The van der Waals surface area contributed by atoms with Gasteiger partial charge in [-0.1, -0.05) is 42.5 Å². The molecule has 0 fully saturated rings. The second-order valence-electron chi connectivity index (χ2n) is 7.44. The molecule has 3 aromatic carbocycles. The summed E-state index contributed by atoms with van der Waals surface area (Å²) in [7, 11) is 0. The first-order chi connectivity index (χ1) is 14.7. The molecule has 0 aliphatic heterocycles. The smallest absolute Gasteiger partial charge is 0.0991 e. The molecule has 0 saturated heterocycles. The van der Waals surface area contributed by atoms with Crippen LogP contribution in [0.15, 0.2) is 79.0 Å². The number of nitriles is 2. The minimum Gasteiger partial charge on any atom is -0.361 e. The molecule has 4 aromatic rings. The molecular weight excluding hydrogens is 368 g/mol. The molecule has 146 valence electrons. The first-order valence-corrected chi connectivity index (χ1v) is 10.0. The summed E-state index contributed by atoms with van der Waals surface area (Å²) in [6.45, 7) is 2.36. The van der Waals surface area contributed by atoms with Gasteiger partial charge in [0.15, 0.2) is 0 Å². The van der Waals surface area contributed by atoms with Crippen LogP contribution in [0, 0.1) is 22.7 Å². The highest BCUT2D eigenvalue weighted by molar-refractivity contribution is 5.83. The Labute approximate surface area is 176 Å². The van der Waals surface area contributed by atoms with Gasteiger partial charge < -0.3 is 4.98 Å². The van der Waals surface area contributed by atoms with Crippen LogP contribution in [-0.4, -0.2) is 16.4 Å². The Bertz CT molecular complexity index is 1180. The van der Waals surface area contributed by atoms with Crippen molar-refractivity contribution in [1.82, 2.24) is 9.88 Å². The van der Waals surface area contributed by atoms with Gasteiger partial charge in [-0.05, 0) is 53.4 Å². The molecule has 0 bridgehead atoms. The predicted molar refractivity (Wildman–Crippen MR) is 118 cm³/mol. The second-order valence-corrected chi connectivity index (χ2v) is 7.44. The van der Waals surface area contributed by atoms with E-state index in [-0.39, 0.29) is 0 Å². The van der Waals surface area contributed by atoms with E-state index in [4.69, 9.17) is 0 Å². The van der Waals surface area contributed by atoms with Crippen molar-refractivity contribution in [3.8, 4) is 12.1 Å². The Morgan fingerprint density at radius 2 is 1.40 bits per heavy atom. The van der Waals surface area contributed by atoms with Crippen LogP contribution < -0.4 is 0 Å². The molecule has 0 aliphatic rings. The summed E-state index contributed by atoms with van der Waals surface area (Å²) in [4.78, 5) is 5.72. The van der Waals surface area contributed by atoms with Gasteiger partial charge in [0.1, 0.15) is 0 Å². The highest BCUT2D eigenvalue weighted by atomic mass is 15.1. The zero-order valence-corrected chi connectivity index (χ0v) is 16.7. The van der Waals surface area contributed by atoms with Crippen LogP contribution in [0.3, 0.4) is 0 Å². The number of nitrogens with one attached hydrogen (secondary N) is 1. The van der Waals surface area contributed by atoms with Gasteiger partial charge in [-0.15, -0.1) is 0 Å². The third-order valence-electron chi connectivity index (χ3n) is 5.30. The van der Waals surface area contributed by atoms with E-state index in [1.165, 1.54) is 10.9 Å². The van der Waals surface area contributed by atoms with Crippen molar-refractivity contribution >= 4 is 10.9 Å². The standard InChI is InChI=1S/C26H22N4/c27-15-20-5-3-7-22(13-20)18-30(19-23-8-4-6-21(14-23)16-28)12-11-24-17-29-26-10-2-1-9-25(24)26/h1-10,13-14,17,29H,11-12,18-19H2. The van der Waals surface area contributed by atoms with Crippen LogP contribution in [0.25, 0.3) is 10.9 Å². The third kappa shape index (κ3) is 4.58. The predicted octanol–water partition coefficient (Wildman–Crippen LogP) is 5.16. The minimum atomic E-state index is 0.676. The number of benzene rings is 3. The number of para-hydroxylation sites is 1. The summed E-state index contributed by atoms with van der Waals surface area (Å²) in [5.74, 6) is 0. The maximum Gasteiger partial charge on any atom is 0.0991 e. The lowest BCUT2D eigenvalue weighted by atomic mass is 10.1. The number of H-pyrrole nitrogens is 1. The molecule has 4 rings (SSSR count). The first kappa shape index (κ1) is 19.5. The van der Waals surface area contributed by atoms with Crippen molar-refractivity contribution in [1.29, 1.82) is 10.5 Å². The summed E-state index contributed by atoms with van der Waals surface area (Å²) in [6.07, 6.45) is 3.01. The molecule has 4 nitrogen and oxygen atoms in total. The number of rotatable bonds is 7. The van der Waals surface area contributed by atoms with Gasteiger partial charge in [0.2, 0.25) is 0 Å². The van der Waals surface area contributed by atoms with Crippen molar-refractivity contribution in [3.05, 3.63) is 107 Å². The SMILES string of the molecule is N#Cc1cccc(CN(CCc2c[nH]c3ccccc23)Cc2cccc(C#N)c2)c1. The maximum atomic E-state index is 9.22. The van der Waals surface area contributed by atoms with E-state index in [0.29, 0.717) is 11.1 Å². The molecule has 0 amide bonds. The summed E-state index contributed by atoms with van der Waals surface area (Å²) in [6, 6.07) is 28.3. The molecule has 0 radical (unpaired) electrons. The number of aromatic amines is 1. The van der Waals surface area contributed by atoms with E-state index >= 15 is 0 Å². The summed E-state index contributed by atoms with van der Waals surface area (Å²) >= 11 is 0. The molecule has 30 heavy (non-hydrogen) atoms. The molecule has 1 N–H and O–H groups in total. The van der Waals surface area contributed by atoms with Crippen molar-refractivity contribution in [2.75, 3.05) is 6.54 Å². The fraction of sp³-hybridized carbons (Fsp3) is 0.154. The van der Waals surface area contributed by atoms with Crippen LogP contribution in [0.5, 0.6) is 0 Å². The molecule has 0 spiro atoms. The molecular formula is C26H22N4. The van der Waals surface area contributed by atoms with Gasteiger partial charge in [0.05, 0.1) is 23.3 Å². The molecule has 1 aromatic heterocycles. The maximum absolute atomic E-state index is 9.22. The van der Waals surface area contributed by atoms with Crippen molar-refractivity contribution in [2.45, 2.75) is 19.5 Å². The van der Waals surface area contributed by atoms with E-state index in [2.05, 4.69) is 58.6 Å². The Morgan fingerprint density at radius 1 is 0.767 bits per heavy atom. The van der Waals surface area contributed by atoms with Crippen LogP contribution >= 0.6 is 0 Å². The Kier molecular flexibility index (Phi) is 5.90. The molecule has 0 aliphatic carbocycles.